The average molecular weight is 305 g/mol. The number of nitrogens with zero attached hydrogens (tertiary/aromatic N) is 1. The van der Waals surface area contributed by atoms with E-state index in [9.17, 15) is 0 Å². The highest BCUT2D eigenvalue weighted by Gasteiger charge is 2.17. The largest absolute Gasteiger partial charge is 0.496 e. The monoisotopic (exact) mass is 305 g/mol. The zero-order valence-electron chi connectivity index (χ0n) is 13.5. The second-order valence-electron chi connectivity index (χ2n) is 5.93. The van der Waals surface area contributed by atoms with E-state index in [1.807, 2.05) is 0 Å². The van der Waals surface area contributed by atoms with Gasteiger partial charge in [0.2, 0.25) is 0 Å². The van der Waals surface area contributed by atoms with Crippen molar-refractivity contribution in [2.45, 2.75) is 19.4 Å². The van der Waals surface area contributed by atoms with Crippen LogP contribution < -0.4 is 15.4 Å². The highest BCUT2D eigenvalue weighted by Crippen LogP contribution is 2.31. The standard InChI is InChI=1S/C17H27N3O2/c1-21-17-4-3-16(15-13-18-7-5-14(15)17)19-6-2-8-20-9-11-22-12-10-20/h3-4,18-19H,2,5-13H2,1H3. The molecule has 5 heteroatoms. The van der Waals surface area contributed by atoms with E-state index in [1.165, 1.54) is 16.8 Å². The first-order chi connectivity index (χ1) is 10.9. The van der Waals surface area contributed by atoms with Crippen LogP contribution in [0.2, 0.25) is 0 Å². The maximum Gasteiger partial charge on any atom is 0.122 e. The Labute approximate surface area is 133 Å². The highest BCUT2D eigenvalue weighted by atomic mass is 16.5. The van der Waals surface area contributed by atoms with Gasteiger partial charge in [0.1, 0.15) is 5.75 Å². The topological polar surface area (TPSA) is 45.8 Å². The second kappa shape index (κ2) is 7.81. The fourth-order valence-corrected chi connectivity index (χ4v) is 3.28. The summed E-state index contributed by atoms with van der Waals surface area (Å²) in [5, 5.41) is 7.07. The van der Waals surface area contributed by atoms with Crippen LogP contribution in [0.15, 0.2) is 12.1 Å². The van der Waals surface area contributed by atoms with Crippen molar-refractivity contribution in [2.75, 3.05) is 58.4 Å². The first kappa shape index (κ1) is 15.6. The number of anilines is 1. The summed E-state index contributed by atoms with van der Waals surface area (Å²) in [5.74, 6) is 1.02. The van der Waals surface area contributed by atoms with Crippen LogP contribution >= 0.6 is 0 Å². The van der Waals surface area contributed by atoms with E-state index >= 15 is 0 Å². The molecule has 2 aliphatic rings. The van der Waals surface area contributed by atoms with E-state index in [0.29, 0.717) is 0 Å². The molecule has 2 heterocycles. The molecular formula is C17H27N3O2. The minimum atomic E-state index is 0.880. The van der Waals surface area contributed by atoms with Gasteiger partial charge in [0, 0.05) is 37.4 Å². The number of ether oxygens (including phenoxy) is 2. The summed E-state index contributed by atoms with van der Waals surface area (Å²) in [6.45, 7) is 8.02. The molecule has 0 atom stereocenters. The molecule has 1 aromatic rings. The van der Waals surface area contributed by atoms with Gasteiger partial charge < -0.3 is 20.1 Å². The SMILES string of the molecule is COc1ccc(NCCCN2CCOCC2)c2c1CCNC2. The van der Waals surface area contributed by atoms with Gasteiger partial charge in [-0.1, -0.05) is 0 Å². The van der Waals surface area contributed by atoms with Crippen molar-refractivity contribution in [2.24, 2.45) is 0 Å². The van der Waals surface area contributed by atoms with Crippen LogP contribution in [0.4, 0.5) is 5.69 Å². The Bertz CT molecular complexity index is 487. The zero-order chi connectivity index (χ0) is 15.2. The van der Waals surface area contributed by atoms with E-state index in [1.54, 1.807) is 7.11 Å². The van der Waals surface area contributed by atoms with Crippen molar-refractivity contribution in [1.82, 2.24) is 10.2 Å². The molecule has 1 saturated heterocycles. The Morgan fingerprint density at radius 3 is 2.95 bits per heavy atom. The predicted molar refractivity (Wildman–Crippen MR) is 88.8 cm³/mol. The molecular weight excluding hydrogens is 278 g/mol. The van der Waals surface area contributed by atoms with E-state index in [2.05, 4.69) is 27.7 Å². The number of hydrogen-bond donors (Lipinski definition) is 2. The molecule has 0 radical (unpaired) electrons. The Balaban J connectivity index is 1.53. The van der Waals surface area contributed by atoms with Crippen LogP contribution in [0.5, 0.6) is 5.75 Å². The van der Waals surface area contributed by atoms with Gasteiger partial charge in [-0.05, 0) is 43.6 Å². The predicted octanol–water partition coefficient (Wildman–Crippen LogP) is 1.48. The summed E-state index contributed by atoms with van der Waals surface area (Å²) < 4.78 is 10.9. The maximum atomic E-state index is 5.50. The van der Waals surface area contributed by atoms with Crippen molar-refractivity contribution in [3.05, 3.63) is 23.3 Å². The van der Waals surface area contributed by atoms with Crippen molar-refractivity contribution in [1.29, 1.82) is 0 Å². The molecule has 5 nitrogen and oxygen atoms in total. The Hall–Kier alpha value is -1.30. The van der Waals surface area contributed by atoms with Crippen LogP contribution in [-0.2, 0) is 17.7 Å². The van der Waals surface area contributed by atoms with Gasteiger partial charge in [0.25, 0.3) is 0 Å². The lowest BCUT2D eigenvalue weighted by molar-refractivity contribution is 0.0378. The van der Waals surface area contributed by atoms with E-state index < -0.39 is 0 Å². The van der Waals surface area contributed by atoms with Crippen LogP contribution in [-0.4, -0.2) is 57.9 Å². The third-order valence-corrected chi connectivity index (χ3v) is 4.53. The minimum absolute atomic E-state index is 0.880. The third kappa shape index (κ3) is 3.72. The lowest BCUT2D eigenvalue weighted by atomic mass is 9.98. The normalized spacial score (nSPS) is 18.8. The fourth-order valence-electron chi connectivity index (χ4n) is 3.28. The number of hydrogen-bond acceptors (Lipinski definition) is 5. The lowest BCUT2D eigenvalue weighted by Gasteiger charge is -2.27. The molecule has 2 aliphatic heterocycles. The maximum absolute atomic E-state index is 5.50. The summed E-state index contributed by atoms with van der Waals surface area (Å²) in [6, 6.07) is 4.24. The molecule has 1 aromatic carbocycles. The Kier molecular flexibility index (Phi) is 5.53. The second-order valence-corrected chi connectivity index (χ2v) is 5.93. The molecule has 3 rings (SSSR count). The van der Waals surface area contributed by atoms with Gasteiger partial charge in [0.15, 0.2) is 0 Å². The Morgan fingerprint density at radius 2 is 2.14 bits per heavy atom. The van der Waals surface area contributed by atoms with Gasteiger partial charge in [0.05, 0.1) is 20.3 Å². The van der Waals surface area contributed by atoms with Gasteiger partial charge in [-0.25, -0.2) is 0 Å². The highest BCUT2D eigenvalue weighted by molar-refractivity contribution is 5.60. The minimum Gasteiger partial charge on any atom is -0.496 e. The van der Waals surface area contributed by atoms with Crippen molar-refractivity contribution < 1.29 is 9.47 Å². The zero-order valence-corrected chi connectivity index (χ0v) is 13.5. The number of morpholine rings is 1. The molecule has 0 amide bonds. The summed E-state index contributed by atoms with van der Waals surface area (Å²) in [5.41, 5.74) is 3.99. The first-order valence-corrected chi connectivity index (χ1v) is 8.32. The molecule has 0 bridgehead atoms. The number of methoxy groups -OCH3 is 1. The Morgan fingerprint density at radius 1 is 1.27 bits per heavy atom. The summed E-state index contributed by atoms with van der Waals surface area (Å²) in [4.78, 5) is 2.48. The van der Waals surface area contributed by atoms with Crippen LogP contribution in [0.1, 0.15) is 17.5 Å². The van der Waals surface area contributed by atoms with E-state index in [-0.39, 0.29) is 0 Å². The van der Waals surface area contributed by atoms with E-state index in [4.69, 9.17) is 9.47 Å². The van der Waals surface area contributed by atoms with Gasteiger partial charge in [-0.3, -0.25) is 4.90 Å². The summed E-state index contributed by atoms with van der Waals surface area (Å²) in [6.07, 6.45) is 2.20. The van der Waals surface area contributed by atoms with Crippen molar-refractivity contribution in [3.8, 4) is 5.75 Å². The van der Waals surface area contributed by atoms with Gasteiger partial charge in [-0.15, -0.1) is 0 Å². The number of fused-ring (bicyclic) bond motifs is 1. The molecule has 0 spiro atoms. The molecule has 0 aromatic heterocycles. The third-order valence-electron chi connectivity index (χ3n) is 4.53. The van der Waals surface area contributed by atoms with Gasteiger partial charge in [-0.2, -0.15) is 0 Å². The van der Waals surface area contributed by atoms with Crippen molar-refractivity contribution >= 4 is 5.69 Å². The summed E-state index contributed by atoms with van der Waals surface area (Å²) >= 11 is 0. The van der Waals surface area contributed by atoms with Crippen LogP contribution in [0, 0.1) is 0 Å². The molecule has 0 aliphatic carbocycles. The lowest BCUT2D eigenvalue weighted by Crippen LogP contribution is -2.37. The van der Waals surface area contributed by atoms with Gasteiger partial charge >= 0.3 is 0 Å². The molecule has 22 heavy (non-hydrogen) atoms. The van der Waals surface area contributed by atoms with Crippen molar-refractivity contribution in [3.63, 3.8) is 0 Å². The molecule has 0 saturated carbocycles. The number of rotatable bonds is 6. The van der Waals surface area contributed by atoms with Crippen LogP contribution in [0.3, 0.4) is 0 Å². The number of nitrogens with one attached hydrogen (secondary N) is 2. The number of benzene rings is 1. The smallest absolute Gasteiger partial charge is 0.122 e. The first-order valence-electron chi connectivity index (χ1n) is 8.32. The fraction of sp³-hybridized carbons (Fsp3) is 0.647. The molecule has 1 fully saturated rings. The van der Waals surface area contributed by atoms with E-state index in [0.717, 1.165) is 71.1 Å². The van der Waals surface area contributed by atoms with Crippen LogP contribution in [0.25, 0.3) is 0 Å². The average Bonchev–Trinajstić information content (AvgIpc) is 2.59. The summed E-state index contributed by atoms with van der Waals surface area (Å²) in [7, 11) is 1.76. The molecule has 2 N–H and O–H groups in total. The molecule has 122 valence electrons. The quantitative estimate of drug-likeness (QED) is 0.780. The molecule has 0 unspecified atom stereocenters.